The van der Waals surface area contributed by atoms with E-state index >= 15 is 0 Å². The summed E-state index contributed by atoms with van der Waals surface area (Å²) >= 11 is 0. The van der Waals surface area contributed by atoms with Crippen molar-refractivity contribution in [2.45, 2.75) is 31.8 Å². The van der Waals surface area contributed by atoms with Crippen molar-refractivity contribution in [1.29, 1.82) is 0 Å². The van der Waals surface area contributed by atoms with Gasteiger partial charge < -0.3 is 0 Å². The molecule has 6 heteroatoms. The lowest BCUT2D eigenvalue weighted by molar-refractivity contribution is 0.329. The van der Waals surface area contributed by atoms with E-state index in [0.717, 1.165) is 17.0 Å². The largest absolute Gasteiger partial charge is 0.267 e. The lowest BCUT2D eigenvalue weighted by Crippen LogP contribution is -2.37. The number of hydrogen-bond donors (Lipinski definition) is 0. The van der Waals surface area contributed by atoms with E-state index in [1.807, 2.05) is 35.0 Å². The molecule has 1 saturated carbocycles. The zero-order valence-electron chi connectivity index (χ0n) is 12.8. The Kier molecular flexibility index (Phi) is 3.58. The second-order valence-corrected chi connectivity index (χ2v) is 7.97. The molecule has 1 aliphatic heterocycles. The highest BCUT2D eigenvalue weighted by Gasteiger charge is 2.30. The molecule has 0 atom stereocenters. The monoisotopic (exact) mass is 329 g/mol. The smallest absolute Gasteiger partial charge is 0.236 e. The summed E-state index contributed by atoms with van der Waals surface area (Å²) in [7, 11) is -3.41. The van der Waals surface area contributed by atoms with Crippen LogP contribution in [0.15, 0.2) is 41.8 Å². The van der Waals surface area contributed by atoms with E-state index < -0.39 is 10.0 Å². The maximum atomic E-state index is 12.5. The van der Waals surface area contributed by atoms with E-state index in [1.165, 1.54) is 22.6 Å². The van der Waals surface area contributed by atoms with Crippen molar-refractivity contribution in [3.8, 4) is 0 Å². The van der Waals surface area contributed by atoms with Crippen molar-refractivity contribution in [2.24, 2.45) is 0 Å². The van der Waals surface area contributed by atoms with Gasteiger partial charge in [-0.1, -0.05) is 30.3 Å². The third-order valence-corrected chi connectivity index (χ3v) is 5.88. The summed E-state index contributed by atoms with van der Waals surface area (Å²) in [5.74, 6) is 0.594. The fraction of sp³-hybridized carbons (Fsp3) is 0.353. The minimum Gasteiger partial charge on any atom is -0.267 e. The molecule has 2 heterocycles. The molecule has 0 N–H and O–H groups in total. The van der Waals surface area contributed by atoms with Gasteiger partial charge in [0.1, 0.15) is 0 Å². The van der Waals surface area contributed by atoms with Crippen LogP contribution in [-0.2, 0) is 23.1 Å². The molecule has 0 radical (unpaired) electrons. The highest BCUT2D eigenvalue weighted by atomic mass is 32.2. The number of fused-ring (bicyclic) bond motifs is 1. The summed E-state index contributed by atoms with van der Waals surface area (Å²) in [6.45, 7) is 1.50. The van der Waals surface area contributed by atoms with Crippen LogP contribution in [0, 0.1) is 0 Å². The first-order chi connectivity index (χ1) is 11.1. The van der Waals surface area contributed by atoms with Gasteiger partial charge in [-0.2, -0.15) is 9.40 Å². The van der Waals surface area contributed by atoms with Gasteiger partial charge in [0.25, 0.3) is 0 Å². The number of rotatable bonds is 4. The van der Waals surface area contributed by atoms with Crippen LogP contribution in [0.5, 0.6) is 0 Å². The molecule has 1 aromatic carbocycles. The van der Waals surface area contributed by atoms with Gasteiger partial charge in [-0.15, -0.1) is 0 Å². The maximum absolute atomic E-state index is 12.5. The van der Waals surface area contributed by atoms with Gasteiger partial charge in [0.05, 0.1) is 24.5 Å². The molecule has 0 bridgehead atoms. The highest BCUT2D eigenvalue weighted by Crippen LogP contribution is 2.39. The zero-order valence-corrected chi connectivity index (χ0v) is 13.6. The van der Waals surface area contributed by atoms with Crippen LogP contribution < -0.4 is 0 Å². The number of sulfonamides is 1. The maximum Gasteiger partial charge on any atom is 0.236 e. The molecule has 23 heavy (non-hydrogen) atoms. The Morgan fingerprint density at radius 1 is 1.13 bits per heavy atom. The lowest BCUT2D eigenvalue weighted by atomic mass is 10.2. The molecule has 4 rings (SSSR count). The average Bonchev–Trinajstić information content (AvgIpc) is 3.33. The molecule has 2 aromatic rings. The molecule has 120 valence electrons. The van der Waals surface area contributed by atoms with Crippen molar-refractivity contribution in [2.75, 3.05) is 6.54 Å². The Labute approximate surface area is 136 Å². The fourth-order valence-corrected chi connectivity index (χ4v) is 4.02. The number of hydrogen-bond acceptors (Lipinski definition) is 3. The van der Waals surface area contributed by atoms with Gasteiger partial charge in [-0.3, -0.25) is 4.68 Å². The van der Waals surface area contributed by atoms with Crippen molar-refractivity contribution >= 4 is 16.1 Å². The Morgan fingerprint density at radius 2 is 1.91 bits per heavy atom. The quantitative estimate of drug-likeness (QED) is 0.866. The molecule has 5 nitrogen and oxygen atoms in total. The molecular formula is C17H19N3O2S. The van der Waals surface area contributed by atoms with E-state index in [4.69, 9.17) is 0 Å². The van der Waals surface area contributed by atoms with Crippen LogP contribution in [0.4, 0.5) is 0 Å². The molecule has 0 amide bonds. The summed E-state index contributed by atoms with van der Waals surface area (Å²) in [5, 5.41) is 5.90. The van der Waals surface area contributed by atoms with E-state index in [-0.39, 0.29) is 0 Å². The average molecular weight is 329 g/mol. The fourth-order valence-electron chi connectivity index (χ4n) is 2.88. The van der Waals surface area contributed by atoms with Crippen molar-refractivity contribution < 1.29 is 8.42 Å². The van der Waals surface area contributed by atoms with Gasteiger partial charge in [-0.05, 0) is 30.5 Å². The van der Waals surface area contributed by atoms with Gasteiger partial charge in [-0.25, -0.2) is 8.42 Å². The molecule has 0 spiro atoms. The van der Waals surface area contributed by atoms with Gasteiger partial charge in [0.2, 0.25) is 10.0 Å². The first-order valence-electron chi connectivity index (χ1n) is 7.92. The Balaban J connectivity index is 1.52. The van der Waals surface area contributed by atoms with Crippen LogP contribution >= 0.6 is 0 Å². The topological polar surface area (TPSA) is 55.2 Å². The number of nitrogens with zero attached hydrogens (tertiary/aromatic N) is 3. The predicted molar refractivity (Wildman–Crippen MR) is 89.0 cm³/mol. The Hall–Kier alpha value is -1.92. The van der Waals surface area contributed by atoms with Gasteiger partial charge in [0, 0.05) is 17.9 Å². The van der Waals surface area contributed by atoms with Crippen molar-refractivity contribution in [3.05, 3.63) is 58.8 Å². The van der Waals surface area contributed by atoms with Crippen molar-refractivity contribution in [1.82, 2.24) is 14.1 Å². The summed E-state index contributed by atoms with van der Waals surface area (Å²) in [4.78, 5) is 0. The normalized spacial score (nSPS) is 19.1. The Bertz CT molecular complexity index is 836. The van der Waals surface area contributed by atoms with Crippen LogP contribution in [0.25, 0.3) is 6.08 Å². The summed E-state index contributed by atoms with van der Waals surface area (Å²) in [5.41, 5.74) is 3.00. The van der Waals surface area contributed by atoms with Crippen molar-refractivity contribution in [3.63, 3.8) is 0 Å². The standard InChI is InChI=1S/C17H19N3O2S/c21-23(22,11-8-14-4-2-1-3-5-14)19-9-10-20-16(13-19)12-17(18-20)15-6-7-15/h1-5,8,11-12,15H,6-7,9-10,13H2. The van der Waals surface area contributed by atoms with Crippen LogP contribution in [-0.4, -0.2) is 29.0 Å². The Morgan fingerprint density at radius 3 is 2.65 bits per heavy atom. The van der Waals surface area contributed by atoms with E-state index in [9.17, 15) is 8.42 Å². The first kappa shape index (κ1) is 14.7. The highest BCUT2D eigenvalue weighted by molar-refractivity contribution is 7.92. The molecule has 0 unspecified atom stereocenters. The molecular weight excluding hydrogens is 310 g/mol. The molecule has 1 aromatic heterocycles. The van der Waals surface area contributed by atoms with Gasteiger partial charge in [0.15, 0.2) is 0 Å². The number of benzene rings is 1. The molecule has 1 aliphatic carbocycles. The van der Waals surface area contributed by atoms with E-state index in [2.05, 4.69) is 11.2 Å². The predicted octanol–water partition coefficient (Wildman–Crippen LogP) is 2.58. The SMILES string of the molecule is O=S(=O)(C=Cc1ccccc1)N1CCn2nc(C3CC3)cc2C1. The summed E-state index contributed by atoms with van der Waals surface area (Å²) in [6, 6.07) is 11.5. The van der Waals surface area contributed by atoms with Crippen LogP contribution in [0.2, 0.25) is 0 Å². The lowest BCUT2D eigenvalue weighted by Gasteiger charge is -2.25. The third kappa shape index (κ3) is 3.09. The van der Waals surface area contributed by atoms with E-state index in [1.54, 1.807) is 6.08 Å². The second kappa shape index (κ2) is 5.62. The molecule has 2 aliphatic rings. The molecule has 0 saturated heterocycles. The number of aromatic nitrogens is 2. The van der Waals surface area contributed by atoms with E-state index in [0.29, 0.717) is 25.6 Å². The van der Waals surface area contributed by atoms with Crippen LogP contribution in [0.1, 0.15) is 35.7 Å². The first-order valence-corrected chi connectivity index (χ1v) is 9.42. The minimum absolute atomic E-state index is 0.404. The van der Waals surface area contributed by atoms with Crippen LogP contribution in [0.3, 0.4) is 0 Å². The third-order valence-electron chi connectivity index (χ3n) is 4.37. The summed E-state index contributed by atoms with van der Waals surface area (Å²) < 4.78 is 28.5. The minimum atomic E-state index is -3.41. The second-order valence-electron chi connectivity index (χ2n) is 6.15. The van der Waals surface area contributed by atoms with Gasteiger partial charge >= 0.3 is 0 Å². The zero-order chi connectivity index (χ0) is 15.9. The molecule has 1 fully saturated rings. The summed E-state index contributed by atoms with van der Waals surface area (Å²) in [6.07, 6.45) is 4.06.